The van der Waals surface area contributed by atoms with Crippen LogP contribution in [0.15, 0.2) is 22.3 Å². The Morgan fingerprint density at radius 3 is 1.10 bits per heavy atom. The molecule has 0 spiro atoms. The molecule has 0 nitrogen and oxygen atoms in total. The van der Waals surface area contributed by atoms with Crippen molar-refractivity contribution < 1.29 is 0 Å². The molecule has 1 aliphatic carbocycles. The van der Waals surface area contributed by atoms with Crippen LogP contribution in [0.3, 0.4) is 0 Å². The molecular formula is C21H38. The van der Waals surface area contributed by atoms with E-state index in [-0.39, 0.29) is 0 Å². The molecule has 122 valence electrons. The summed E-state index contributed by atoms with van der Waals surface area (Å²) in [7, 11) is 0. The van der Waals surface area contributed by atoms with E-state index in [1.165, 1.54) is 32.1 Å². The SMILES string of the molecule is CCC(C)C1=C(C(C)CC)C(C(C)CC)=C(C(C)CC)C1. The van der Waals surface area contributed by atoms with E-state index >= 15 is 0 Å². The third kappa shape index (κ3) is 3.82. The minimum absolute atomic E-state index is 0.722. The summed E-state index contributed by atoms with van der Waals surface area (Å²) in [6.07, 6.45) is 6.35. The molecule has 0 saturated carbocycles. The average molecular weight is 291 g/mol. The van der Waals surface area contributed by atoms with Crippen LogP contribution in [-0.4, -0.2) is 0 Å². The maximum atomic E-state index is 2.44. The highest BCUT2D eigenvalue weighted by Crippen LogP contribution is 2.47. The van der Waals surface area contributed by atoms with Gasteiger partial charge in [-0.15, -0.1) is 0 Å². The van der Waals surface area contributed by atoms with Gasteiger partial charge in [0, 0.05) is 0 Å². The summed E-state index contributed by atoms with van der Waals surface area (Å²) in [5.41, 5.74) is 7.07. The molecule has 0 heterocycles. The van der Waals surface area contributed by atoms with Crippen molar-refractivity contribution in [2.75, 3.05) is 0 Å². The van der Waals surface area contributed by atoms with Gasteiger partial charge in [-0.1, -0.05) is 66.5 Å². The zero-order chi connectivity index (χ0) is 16.2. The highest BCUT2D eigenvalue weighted by molar-refractivity contribution is 5.51. The fourth-order valence-electron chi connectivity index (χ4n) is 3.69. The molecule has 1 aliphatic rings. The van der Waals surface area contributed by atoms with E-state index in [1.54, 1.807) is 22.3 Å². The van der Waals surface area contributed by atoms with E-state index < -0.39 is 0 Å². The van der Waals surface area contributed by atoms with Crippen molar-refractivity contribution in [1.29, 1.82) is 0 Å². The first-order valence-electron chi connectivity index (χ1n) is 9.38. The van der Waals surface area contributed by atoms with Gasteiger partial charge < -0.3 is 0 Å². The third-order valence-corrected chi connectivity index (χ3v) is 5.99. The molecule has 0 aliphatic heterocycles. The largest absolute Gasteiger partial charge is 0.0648 e. The van der Waals surface area contributed by atoms with Crippen LogP contribution < -0.4 is 0 Å². The van der Waals surface area contributed by atoms with Crippen molar-refractivity contribution in [2.24, 2.45) is 23.7 Å². The Morgan fingerprint density at radius 1 is 0.571 bits per heavy atom. The van der Waals surface area contributed by atoms with Gasteiger partial charge in [-0.05, 0) is 66.9 Å². The second kappa shape index (κ2) is 8.20. The maximum Gasteiger partial charge on any atom is -0.00910 e. The first-order chi connectivity index (χ1) is 9.92. The summed E-state index contributed by atoms with van der Waals surface area (Å²) >= 11 is 0. The predicted molar refractivity (Wildman–Crippen MR) is 96.5 cm³/mol. The van der Waals surface area contributed by atoms with Crippen LogP contribution in [0, 0.1) is 23.7 Å². The van der Waals surface area contributed by atoms with Gasteiger partial charge in [-0.3, -0.25) is 0 Å². The van der Waals surface area contributed by atoms with E-state index in [0.717, 1.165) is 23.7 Å². The van der Waals surface area contributed by atoms with Gasteiger partial charge in [0.05, 0.1) is 0 Å². The van der Waals surface area contributed by atoms with E-state index in [9.17, 15) is 0 Å². The van der Waals surface area contributed by atoms with Crippen LogP contribution in [0.4, 0.5) is 0 Å². The van der Waals surface area contributed by atoms with Gasteiger partial charge >= 0.3 is 0 Å². The topological polar surface area (TPSA) is 0 Å². The standard InChI is InChI=1S/C21H38/c1-9-14(5)18-13-19(15(6)10-2)21(17(8)12-4)20(18)16(7)11-3/h14-17H,9-13H2,1-8H3. The number of allylic oxidation sites excluding steroid dienone is 4. The third-order valence-electron chi connectivity index (χ3n) is 5.99. The molecule has 0 amide bonds. The molecule has 0 aromatic heterocycles. The molecule has 4 unspecified atom stereocenters. The minimum Gasteiger partial charge on any atom is -0.0648 e. The number of hydrogen-bond donors (Lipinski definition) is 0. The van der Waals surface area contributed by atoms with Gasteiger partial charge in [0.2, 0.25) is 0 Å². The van der Waals surface area contributed by atoms with Crippen molar-refractivity contribution in [2.45, 2.75) is 87.5 Å². The van der Waals surface area contributed by atoms with E-state index in [2.05, 4.69) is 55.4 Å². The summed E-state index contributed by atoms with van der Waals surface area (Å²) in [6.45, 7) is 19.1. The fourth-order valence-corrected chi connectivity index (χ4v) is 3.69. The lowest BCUT2D eigenvalue weighted by Gasteiger charge is -2.25. The fraction of sp³-hybridized carbons (Fsp3) is 0.810. The molecule has 0 aromatic rings. The van der Waals surface area contributed by atoms with E-state index in [0.29, 0.717) is 0 Å². The van der Waals surface area contributed by atoms with Crippen LogP contribution in [0.2, 0.25) is 0 Å². The minimum atomic E-state index is 0.722. The molecule has 21 heavy (non-hydrogen) atoms. The van der Waals surface area contributed by atoms with Gasteiger partial charge in [-0.2, -0.15) is 0 Å². The first kappa shape index (κ1) is 18.5. The predicted octanol–water partition coefficient (Wildman–Crippen LogP) is 7.17. The lowest BCUT2D eigenvalue weighted by atomic mass is 9.80. The Kier molecular flexibility index (Phi) is 7.24. The van der Waals surface area contributed by atoms with Crippen LogP contribution in [-0.2, 0) is 0 Å². The zero-order valence-corrected chi connectivity index (χ0v) is 15.8. The molecule has 0 aromatic carbocycles. The van der Waals surface area contributed by atoms with Crippen LogP contribution in [0.25, 0.3) is 0 Å². The molecular weight excluding hydrogens is 252 g/mol. The molecule has 1 rings (SSSR count). The van der Waals surface area contributed by atoms with Crippen molar-refractivity contribution in [3.8, 4) is 0 Å². The lowest BCUT2D eigenvalue weighted by Crippen LogP contribution is -2.11. The van der Waals surface area contributed by atoms with Crippen LogP contribution in [0.5, 0.6) is 0 Å². The van der Waals surface area contributed by atoms with Gasteiger partial charge in [0.1, 0.15) is 0 Å². The Hall–Kier alpha value is -0.520. The summed E-state index contributed by atoms with van der Waals surface area (Å²) in [6, 6.07) is 0. The molecule has 0 fully saturated rings. The highest BCUT2D eigenvalue weighted by atomic mass is 14.4. The van der Waals surface area contributed by atoms with Crippen molar-refractivity contribution in [1.82, 2.24) is 0 Å². The van der Waals surface area contributed by atoms with Gasteiger partial charge in [-0.25, -0.2) is 0 Å². The summed E-state index contributed by atoms with van der Waals surface area (Å²) in [5.74, 6) is 2.93. The lowest BCUT2D eigenvalue weighted by molar-refractivity contribution is 0.573. The second-order valence-electron chi connectivity index (χ2n) is 7.29. The Labute approximate surface area is 134 Å². The Balaban J connectivity index is 3.39. The molecule has 0 bridgehead atoms. The normalized spacial score (nSPS) is 21.7. The highest BCUT2D eigenvalue weighted by Gasteiger charge is 2.32. The smallest absolute Gasteiger partial charge is 0.00910 e. The van der Waals surface area contributed by atoms with Crippen molar-refractivity contribution in [3.63, 3.8) is 0 Å². The monoisotopic (exact) mass is 290 g/mol. The van der Waals surface area contributed by atoms with Crippen LogP contribution >= 0.6 is 0 Å². The molecule has 0 heteroatoms. The number of rotatable bonds is 8. The summed E-state index contributed by atoms with van der Waals surface area (Å²) < 4.78 is 0. The van der Waals surface area contributed by atoms with Gasteiger partial charge in [0.25, 0.3) is 0 Å². The van der Waals surface area contributed by atoms with Gasteiger partial charge in [0.15, 0.2) is 0 Å². The molecule has 0 N–H and O–H groups in total. The zero-order valence-electron chi connectivity index (χ0n) is 15.8. The Morgan fingerprint density at radius 2 is 0.857 bits per heavy atom. The van der Waals surface area contributed by atoms with E-state index in [4.69, 9.17) is 0 Å². The quantitative estimate of drug-likeness (QED) is 0.444. The molecule has 0 saturated heterocycles. The van der Waals surface area contributed by atoms with E-state index in [1.807, 2.05) is 0 Å². The van der Waals surface area contributed by atoms with Crippen LogP contribution in [0.1, 0.15) is 87.5 Å². The number of hydrogen-bond acceptors (Lipinski definition) is 0. The molecule has 0 radical (unpaired) electrons. The van der Waals surface area contributed by atoms with Crippen molar-refractivity contribution >= 4 is 0 Å². The summed E-state index contributed by atoms with van der Waals surface area (Å²) in [4.78, 5) is 0. The van der Waals surface area contributed by atoms with Crippen molar-refractivity contribution in [3.05, 3.63) is 22.3 Å². The average Bonchev–Trinajstić information content (AvgIpc) is 2.91. The summed E-state index contributed by atoms with van der Waals surface area (Å²) in [5, 5.41) is 0. The second-order valence-corrected chi connectivity index (χ2v) is 7.29. The molecule has 4 atom stereocenters. The maximum absolute atomic E-state index is 2.44. The first-order valence-corrected chi connectivity index (χ1v) is 9.38. The Bertz CT molecular complexity index is 358.